The lowest BCUT2D eigenvalue weighted by molar-refractivity contribution is 0.431. The Kier molecular flexibility index (Phi) is 4.14. The summed E-state index contributed by atoms with van der Waals surface area (Å²) in [6, 6.07) is 7.61. The van der Waals surface area contributed by atoms with Crippen LogP contribution in [0, 0.1) is 0 Å². The average Bonchev–Trinajstić information content (AvgIpc) is 2.70. The minimum absolute atomic E-state index is 0.0661. The number of azo groups is 1. The number of benzene rings is 1. The van der Waals surface area contributed by atoms with Crippen LogP contribution in [0.4, 0.5) is 5.69 Å². The van der Waals surface area contributed by atoms with Crippen LogP contribution in [0.2, 0.25) is 0 Å². The maximum absolute atomic E-state index is 10.3. The van der Waals surface area contributed by atoms with Gasteiger partial charge < -0.3 is 14.6 Å². The molecule has 5 nitrogen and oxygen atoms in total. The molecule has 0 aliphatic carbocycles. The first-order chi connectivity index (χ1) is 9.56. The van der Waals surface area contributed by atoms with Gasteiger partial charge in [-0.25, -0.2) is 0 Å². The molecule has 0 atom stereocenters. The zero-order chi connectivity index (χ0) is 14.7. The van der Waals surface area contributed by atoms with E-state index in [9.17, 15) is 5.11 Å². The summed E-state index contributed by atoms with van der Waals surface area (Å²) in [6.07, 6.45) is 1.72. The lowest BCUT2D eigenvalue weighted by Crippen LogP contribution is -2.16. The Bertz CT molecular complexity index is 688. The summed E-state index contributed by atoms with van der Waals surface area (Å²) in [5.74, 6) is 0.0661. The number of hydrogen-bond donors (Lipinski definition) is 1. The van der Waals surface area contributed by atoms with E-state index < -0.39 is 0 Å². The van der Waals surface area contributed by atoms with Crippen molar-refractivity contribution < 1.29 is 5.11 Å². The smallest absolute Gasteiger partial charge is 0.221 e. The van der Waals surface area contributed by atoms with Gasteiger partial charge in [0.15, 0.2) is 5.69 Å². The van der Waals surface area contributed by atoms with E-state index >= 15 is 0 Å². The fraction of sp³-hybridized carbons (Fsp3) is 0.214. The van der Waals surface area contributed by atoms with Crippen molar-refractivity contribution in [1.29, 1.82) is 0 Å². The van der Waals surface area contributed by atoms with E-state index in [1.807, 2.05) is 24.3 Å². The van der Waals surface area contributed by atoms with Gasteiger partial charge >= 0.3 is 0 Å². The molecule has 104 valence electrons. The number of rotatable bonds is 3. The third-order valence-electron chi connectivity index (χ3n) is 2.85. The lowest BCUT2D eigenvalue weighted by Gasteiger charge is -2.06. The van der Waals surface area contributed by atoms with Gasteiger partial charge in [0.1, 0.15) is 0 Å². The van der Waals surface area contributed by atoms with E-state index in [1.165, 1.54) is 0 Å². The molecular weight excluding hydrogens is 272 g/mol. The number of thiocarbonyl (C=S) groups is 1. The molecule has 0 aliphatic rings. The van der Waals surface area contributed by atoms with E-state index in [0.717, 1.165) is 10.9 Å². The Labute approximate surface area is 122 Å². The summed E-state index contributed by atoms with van der Waals surface area (Å²) in [5.41, 5.74) is 1.31. The maximum Gasteiger partial charge on any atom is 0.221 e. The molecular formula is C14H16N4OS. The Hall–Kier alpha value is -2.21. The highest BCUT2D eigenvalue weighted by Crippen LogP contribution is 2.38. The van der Waals surface area contributed by atoms with Gasteiger partial charge in [-0.1, -0.05) is 24.3 Å². The average molecular weight is 288 g/mol. The fourth-order valence-corrected chi connectivity index (χ4v) is 1.91. The van der Waals surface area contributed by atoms with Gasteiger partial charge in [-0.2, -0.15) is 0 Å². The van der Waals surface area contributed by atoms with Crippen molar-refractivity contribution in [2.24, 2.45) is 10.2 Å². The zero-order valence-corrected chi connectivity index (χ0v) is 12.3. The van der Waals surface area contributed by atoms with Gasteiger partial charge in [0.25, 0.3) is 0 Å². The molecule has 1 N–H and O–H groups in total. The van der Waals surface area contributed by atoms with Crippen LogP contribution >= 0.6 is 12.2 Å². The topological polar surface area (TPSA) is 53.1 Å². The van der Waals surface area contributed by atoms with Gasteiger partial charge in [0, 0.05) is 26.0 Å². The number of fused-ring (bicyclic) bond motifs is 1. The van der Waals surface area contributed by atoms with Crippen LogP contribution in [0.5, 0.6) is 5.88 Å². The van der Waals surface area contributed by atoms with E-state index in [1.54, 1.807) is 29.6 Å². The number of hydrogen-bond acceptors (Lipinski definition) is 3. The SMILES string of the molecule is C=CCn1c(O)c(N=NC(=S)N(C)C)c2ccccc21. The van der Waals surface area contributed by atoms with Gasteiger partial charge in [0.05, 0.1) is 5.52 Å². The number of allylic oxidation sites excluding steroid dienone is 1. The summed E-state index contributed by atoms with van der Waals surface area (Å²) in [4.78, 5) is 1.68. The quantitative estimate of drug-likeness (QED) is 0.534. The first-order valence-corrected chi connectivity index (χ1v) is 6.51. The Morgan fingerprint density at radius 3 is 2.80 bits per heavy atom. The van der Waals surface area contributed by atoms with Crippen LogP contribution in [-0.4, -0.2) is 33.8 Å². The molecule has 0 amide bonds. The van der Waals surface area contributed by atoms with E-state index in [2.05, 4.69) is 16.8 Å². The standard InChI is InChI=1S/C14H16N4OS/c1-4-9-18-11-8-6-5-7-10(11)12(13(18)19)15-16-14(20)17(2)3/h4-8,19H,1,9H2,2-3H3. The molecule has 2 aromatic rings. The normalized spacial score (nSPS) is 11.1. The van der Waals surface area contributed by atoms with Gasteiger partial charge in [-0.3, -0.25) is 0 Å². The molecule has 20 heavy (non-hydrogen) atoms. The molecule has 1 aromatic heterocycles. The zero-order valence-electron chi connectivity index (χ0n) is 11.4. The first-order valence-electron chi connectivity index (χ1n) is 6.10. The van der Waals surface area contributed by atoms with E-state index in [4.69, 9.17) is 12.2 Å². The first kappa shape index (κ1) is 14.2. The van der Waals surface area contributed by atoms with Crippen molar-refractivity contribution in [3.05, 3.63) is 36.9 Å². The van der Waals surface area contributed by atoms with Crippen LogP contribution in [0.25, 0.3) is 10.9 Å². The highest BCUT2D eigenvalue weighted by molar-refractivity contribution is 7.80. The molecule has 0 saturated heterocycles. The van der Waals surface area contributed by atoms with E-state index in [0.29, 0.717) is 17.3 Å². The van der Waals surface area contributed by atoms with Gasteiger partial charge in [-0.05, 0) is 18.3 Å². The predicted octanol–water partition coefficient (Wildman–Crippen LogP) is 3.46. The molecule has 0 fully saturated rings. The molecule has 2 rings (SSSR count). The molecule has 0 spiro atoms. The molecule has 1 aromatic carbocycles. The van der Waals surface area contributed by atoms with Crippen molar-refractivity contribution in [2.75, 3.05) is 14.1 Å². The summed E-state index contributed by atoms with van der Waals surface area (Å²) < 4.78 is 1.73. The third-order valence-corrected chi connectivity index (χ3v) is 3.29. The van der Waals surface area contributed by atoms with Crippen molar-refractivity contribution in [1.82, 2.24) is 9.47 Å². The molecule has 0 unspecified atom stereocenters. The monoisotopic (exact) mass is 288 g/mol. The van der Waals surface area contributed by atoms with Gasteiger partial charge in [-0.15, -0.1) is 16.8 Å². The lowest BCUT2D eigenvalue weighted by atomic mass is 10.2. The van der Waals surface area contributed by atoms with Crippen molar-refractivity contribution in [2.45, 2.75) is 6.54 Å². The van der Waals surface area contributed by atoms with E-state index in [-0.39, 0.29) is 5.88 Å². The van der Waals surface area contributed by atoms with Crippen LogP contribution in [0.3, 0.4) is 0 Å². The second-order valence-corrected chi connectivity index (χ2v) is 4.83. The number of nitrogens with zero attached hydrogens (tertiary/aromatic N) is 4. The Morgan fingerprint density at radius 2 is 2.15 bits per heavy atom. The summed E-state index contributed by atoms with van der Waals surface area (Å²) >= 11 is 5.06. The molecule has 6 heteroatoms. The summed E-state index contributed by atoms with van der Waals surface area (Å²) in [5, 5.41) is 19.5. The number of aromatic hydroxyl groups is 1. The Balaban J connectivity index is 2.55. The third kappa shape index (κ3) is 2.55. The summed E-state index contributed by atoms with van der Waals surface area (Å²) in [7, 11) is 3.59. The van der Waals surface area contributed by atoms with Crippen LogP contribution < -0.4 is 0 Å². The van der Waals surface area contributed by atoms with Crippen molar-refractivity contribution in [3.63, 3.8) is 0 Å². The highest BCUT2D eigenvalue weighted by atomic mass is 32.1. The largest absolute Gasteiger partial charge is 0.493 e. The maximum atomic E-state index is 10.3. The number of para-hydroxylation sites is 1. The van der Waals surface area contributed by atoms with Crippen LogP contribution in [0.15, 0.2) is 47.1 Å². The van der Waals surface area contributed by atoms with Gasteiger partial charge in [0.2, 0.25) is 11.0 Å². The fourth-order valence-electron chi connectivity index (χ4n) is 1.87. The minimum atomic E-state index is 0.0661. The summed E-state index contributed by atoms with van der Waals surface area (Å²) in [6.45, 7) is 4.20. The number of aromatic nitrogens is 1. The molecule has 0 radical (unpaired) electrons. The molecule has 1 heterocycles. The molecule has 0 aliphatic heterocycles. The predicted molar refractivity (Wildman–Crippen MR) is 84.6 cm³/mol. The van der Waals surface area contributed by atoms with Crippen LogP contribution in [-0.2, 0) is 6.54 Å². The van der Waals surface area contributed by atoms with Crippen molar-refractivity contribution in [3.8, 4) is 5.88 Å². The van der Waals surface area contributed by atoms with Crippen molar-refractivity contribution >= 4 is 33.9 Å². The second kappa shape index (κ2) is 5.83. The highest BCUT2D eigenvalue weighted by Gasteiger charge is 2.15. The second-order valence-electron chi connectivity index (χ2n) is 4.47. The molecule has 0 saturated carbocycles. The molecule has 0 bridgehead atoms. The Morgan fingerprint density at radius 1 is 1.45 bits per heavy atom. The van der Waals surface area contributed by atoms with Crippen LogP contribution in [0.1, 0.15) is 0 Å². The minimum Gasteiger partial charge on any atom is -0.493 e.